The summed E-state index contributed by atoms with van der Waals surface area (Å²) < 4.78 is 2.05. The van der Waals surface area contributed by atoms with Gasteiger partial charge in [-0.15, -0.1) is 0 Å². The van der Waals surface area contributed by atoms with Crippen LogP contribution in [0.15, 0.2) is 43.0 Å². The maximum atomic E-state index is 6.15. The van der Waals surface area contributed by atoms with Gasteiger partial charge in [0.1, 0.15) is 5.82 Å². The molecule has 118 valence electrons. The van der Waals surface area contributed by atoms with Gasteiger partial charge in [0.2, 0.25) is 0 Å². The molecule has 1 aliphatic heterocycles. The van der Waals surface area contributed by atoms with E-state index in [9.17, 15) is 0 Å². The lowest BCUT2D eigenvalue weighted by molar-refractivity contribution is 0.503. The molecule has 2 N–H and O–H groups in total. The number of aromatic nitrogens is 3. The Morgan fingerprint density at radius 2 is 2.17 bits per heavy atom. The molecule has 0 bridgehead atoms. The molecule has 1 saturated heterocycles. The van der Waals surface area contributed by atoms with Gasteiger partial charge >= 0.3 is 0 Å². The van der Waals surface area contributed by atoms with Gasteiger partial charge in [0.25, 0.3) is 0 Å². The van der Waals surface area contributed by atoms with Gasteiger partial charge in [-0.3, -0.25) is 0 Å². The highest BCUT2D eigenvalue weighted by Gasteiger charge is 2.19. The molecular weight excluding hydrogens is 286 g/mol. The number of anilines is 1. The number of fused-ring (bicyclic) bond motifs is 1. The fraction of sp³-hybridized carbons (Fsp3) is 0.333. The lowest BCUT2D eigenvalue weighted by atomic mass is 10.1. The molecule has 0 saturated carbocycles. The SMILES string of the molecule is Cc1ccc2c(-n3ccnc3)cc(N3CCCC(N)C3)nc2c1. The van der Waals surface area contributed by atoms with E-state index in [1.165, 1.54) is 5.56 Å². The van der Waals surface area contributed by atoms with E-state index in [0.717, 1.165) is 48.3 Å². The quantitative estimate of drug-likeness (QED) is 0.791. The lowest BCUT2D eigenvalue weighted by Crippen LogP contribution is -2.43. The van der Waals surface area contributed by atoms with Crippen LogP contribution in [0.1, 0.15) is 18.4 Å². The molecule has 0 aliphatic carbocycles. The van der Waals surface area contributed by atoms with Crippen LogP contribution in [0.3, 0.4) is 0 Å². The molecule has 1 atom stereocenters. The molecule has 3 heterocycles. The molecule has 0 radical (unpaired) electrons. The fourth-order valence-electron chi connectivity index (χ4n) is 3.30. The number of pyridine rings is 1. The van der Waals surface area contributed by atoms with Crippen molar-refractivity contribution in [2.75, 3.05) is 18.0 Å². The molecule has 2 aromatic heterocycles. The van der Waals surface area contributed by atoms with Crippen molar-refractivity contribution in [3.8, 4) is 5.69 Å². The topological polar surface area (TPSA) is 60.0 Å². The molecule has 0 spiro atoms. The van der Waals surface area contributed by atoms with Gasteiger partial charge in [-0.2, -0.15) is 0 Å². The molecule has 1 fully saturated rings. The first-order valence-electron chi connectivity index (χ1n) is 8.11. The minimum Gasteiger partial charge on any atom is -0.355 e. The normalized spacial score (nSPS) is 18.5. The van der Waals surface area contributed by atoms with Crippen molar-refractivity contribution in [1.82, 2.24) is 14.5 Å². The van der Waals surface area contributed by atoms with Gasteiger partial charge in [0, 0.05) is 43.0 Å². The maximum Gasteiger partial charge on any atom is 0.131 e. The van der Waals surface area contributed by atoms with E-state index in [-0.39, 0.29) is 6.04 Å². The Morgan fingerprint density at radius 1 is 1.26 bits per heavy atom. The predicted molar refractivity (Wildman–Crippen MR) is 93.0 cm³/mol. The standard InChI is InChI=1S/C18H21N5/c1-13-4-5-15-16(9-13)21-18(22-7-2-3-14(19)11-22)10-17(15)23-8-6-20-12-23/h4-6,8-10,12,14H,2-3,7,11,19H2,1H3. The van der Waals surface area contributed by atoms with Crippen LogP contribution in [-0.4, -0.2) is 33.7 Å². The molecule has 1 unspecified atom stereocenters. The van der Waals surface area contributed by atoms with Crippen LogP contribution in [0.25, 0.3) is 16.6 Å². The van der Waals surface area contributed by atoms with Gasteiger partial charge in [0.05, 0.1) is 17.5 Å². The molecule has 5 heteroatoms. The first kappa shape index (κ1) is 14.2. The Balaban J connectivity index is 1.88. The van der Waals surface area contributed by atoms with Crippen molar-refractivity contribution in [3.63, 3.8) is 0 Å². The van der Waals surface area contributed by atoms with E-state index in [2.05, 4.69) is 41.1 Å². The molecule has 0 amide bonds. The molecule has 1 aromatic carbocycles. The summed E-state index contributed by atoms with van der Waals surface area (Å²) in [5, 5.41) is 1.14. The summed E-state index contributed by atoms with van der Waals surface area (Å²) in [4.78, 5) is 11.4. The van der Waals surface area contributed by atoms with Crippen molar-refractivity contribution in [3.05, 3.63) is 48.5 Å². The van der Waals surface area contributed by atoms with Gasteiger partial charge < -0.3 is 15.2 Å². The van der Waals surface area contributed by atoms with E-state index in [0.29, 0.717) is 0 Å². The Bertz CT molecular complexity index is 825. The minimum absolute atomic E-state index is 0.232. The van der Waals surface area contributed by atoms with Crippen LogP contribution >= 0.6 is 0 Å². The summed E-state index contributed by atoms with van der Waals surface area (Å²) in [6.45, 7) is 3.98. The number of hydrogen-bond donors (Lipinski definition) is 1. The van der Waals surface area contributed by atoms with Crippen LogP contribution in [-0.2, 0) is 0 Å². The van der Waals surface area contributed by atoms with E-state index in [4.69, 9.17) is 10.7 Å². The second-order valence-corrected chi connectivity index (χ2v) is 6.34. The summed E-state index contributed by atoms with van der Waals surface area (Å²) >= 11 is 0. The largest absolute Gasteiger partial charge is 0.355 e. The summed E-state index contributed by atoms with van der Waals surface area (Å²) in [7, 11) is 0. The smallest absolute Gasteiger partial charge is 0.131 e. The Morgan fingerprint density at radius 3 is 2.96 bits per heavy atom. The molecule has 5 nitrogen and oxygen atoms in total. The minimum atomic E-state index is 0.232. The van der Waals surface area contributed by atoms with Crippen molar-refractivity contribution in [2.24, 2.45) is 5.73 Å². The summed E-state index contributed by atoms with van der Waals surface area (Å²) in [6, 6.07) is 8.79. The number of imidazole rings is 1. The van der Waals surface area contributed by atoms with E-state index < -0.39 is 0 Å². The fourth-order valence-corrected chi connectivity index (χ4v) is 3.30. The third-order valence-corrected chi connectivity index (χ3v) is 4.49. The number of nitrogens with two attached hydrogens (primary N) is 1. The third-order valence-electron chi connectivity index (χ3n) is 4.49. The highest BCUT2D eigenvalue weighted by atomic mass is 15.2. The van der Waals surface area contributed by atoms with Gasteiger partial charge in [-0.05, 0) is 31.4 Å². The Hall–Kier alpha value is -2.40. The number of rotatable bonds is 2. The van der Waals surface area contributed by atoms with Crippen LogP contribution in [0, 0.1) is 6.92 Å². The molecule has 23 heavy (non-hydrogen) atoms. The van der Waals surface area contributed by atoms with Crippen molar-refractivity contribution >= 4 is 16.7 Å². The number of piperidine rings is 1. The molecular formula is C18H21N5. The van der Waals surface area contributed by atoms with Crippen LogP contribution in [0.2, 0.25) is 0 Å². The average molecular weight is 307 g/mol. The van der Waals surface area contributed by atoms with Gasteiger partial charge in [0.15, 0.2) is 0 Å². The van der Waals surface area contributed by atoms with Crippen LogP contribution in [0.5, 0.6) is 0 Å². The first-order chi connectivity index (χ1) is 11.2. The van der Waals surface area contributed by atoms with Crippen molar-refractivity contribution in [2.45, 2.75) is 25.8 Å². The van der Waals surface area contributed by atoms with E-state index in [1.807, 2.05) is 17.1 Å². The highest BCUT2D eigenvalue weighted by molar-refractivity contribution is 5.89. The zero-order chi connectivity index (χ0) is 15.8. The van der Waals surface area contributed by atoms with Crippen LogP contribution < -0.4 is 10.6 Å². The highest BCUT2D eigenvalue weighted by Crippen LogP contribution is 2.28. The Kier molecular flexibility index (Phi) is 3.50. The second-order valence-electron chi connectivity index (χ2n) is 6.34. The lowest BCUT2D eigenvalue weighted by Gasteiger charge is -2.32. The zero-order valence-electron chi connectivity index (χ0n) is 13.3. The summed E-state index contributed by atoms with van der Waals surface area (Å²) in [5.41, 5.74) is 9.50. The number of hydrogen-bond acceptors (Lipinski definition) is 4. The van der Waals surface area contributed by atoms with Crippen LogP contribution in [0.4, 0.5) is 5.82 Å². The van der Waals surface area contributed by atoms with E-state index >= 15 is 0 Å². The zero-order valence-corrected chi connectivity index (χ0v) is 13.3. The van der Waals surface area contributed by atoms with Crippen molar-refractivity contribution in [1.29, 1.82) is 0 Å². The number of nitrogens with zero attached hydrogens (tertiary/aromatic N) is 4. The predicted octanol–water partition coefficient (Wildman–Crippen LogP) is 2.66. The van der Waals surface area contributed by atoms with Gasteiger partial charge in [-0.1, -0.05) is 12.1 Å². The maximum absolute atomic E-state index is 6.15. The number of benzene rings is 1. The third kappa shape index (κ3) is 2.68. The second kappa shape index (κ2) is 5.66. The monoisotopic (exact) mass is 307 g/mol. The molecule has 4 rings (SSSR count). The number of aryl methyl sites for hydroxylation is 1. The Labute approximate surface area is 135 Å². The summed E-state index contributed by atoms with van der Waals surface area (Å²) in [6.07, 6.45) is 7.82. The molecule has 1 aliphatic rings. The molecule has 3 aromatic rings. The van der Waals surface area contributed by atoms with E-state index in [1.54, 1.807) is 6.20 Å². The van der Waals surface area contributed by atoms with Crippen molar-refractivity contribution < 1.29 is 0 Å². The first-order valence-corrected chi connectivity index (χ1v) is 8.11. The summed E-state index contributed by atoms with van der Waals surface area (Å²) in [5.74, 6) is 1.00. The average Bonchev–Trinajstić information content (AvgIpc) is 3.07. The van der Waals surface area contributed by atoms with Gasteiger partial charge in [-0.25, -0.2) is 9.97 Å².